The Balaban J connectivity index is 1.84. The van der Waals surface area contributed by atoms with E-state index in [1.807, 2.05) is 6.92 Å². The third-order valence-corrected chi connectivity index (χ3v) is 3.74. The summed E-state index contributed by atoms with van der Waals surface area (Å²) in [5, 5.41) is 10.2. The van der Waals surface area contributed by atoms with Gasteiger partial charge in [-0.3, -0.25) is 5.10 Å². The standard InChI is InChI=1S/C17H12F3N7/c1-9-6-13(27-26-9)24-14-11-4-2-3-5-12(11)23-16(25-14)17(19,20)15-21-7-10(18)8-22-15/h2-8H,1H3,(H2,23,24,25,26,27). The van der Waals surface area contributed by atoms with Crippen LogP contribution in [0, 0.1) is 12.7 Å². The van der Waals surface area contributed by atoms with Crippen molar-refractivity contribution in [3.8, 4) is 0 Å². The summed E-state index contributed by atoms with van der Waals surface area (Å²) in [6.45, 7) is 1.81. The molecule has 0 radical (unpaired) electrons. The Bertz CT molecular complexity index is 1110. The lowest BCUT2D eigenvalue weighted by Crippen LogP contribution is -2.23. The third-order valence-electron chi connectivity index (χ3n) is 3.74. The van der Waals surface area contributed by atoms with Gasteiger partial charge in [0.05, 0.1) is 17.9 Å². The van der Waals surface area contributed by atoms with Crippen LogP contribution in [-0.2, 0) is 5.92 Å². The number of hydrogen-bond acceptors (Lipinski definition) is 6. The lowest BCUT2D eigenvalue weighted by atomic mass is 10.2. The molecule has 0 amide bonds. The summed E-state index contributed by atoms with van der Waals surface area (Å²) in [5.41, 5.74) is 1.10. The minimum atomic E-state index is -3.71. The molecular formula is C17H12F3N7. The van der Waals surface area contributed by atoms with Gasteiger partial charge in [0.1, 0.15) is 5.82 Å². The molecule has 0 saturated carbocycles. The molecule has 0 aliphatic heterocycles. The molecule has 27 heavy (non-hydrogen) atoms. The van der Waals surface area contributed by atoms with Crippen molar-refractivity contribution < 1.29 is 13.2 Å². The highest BCUT2D eigenvalue weighted by Gasteiger charge is 2.41. The van der Waals surface area contributed by atoms with Gasteiger partial charge in [-0.05, 0) is 19.1 Å². The van der Waals surface area contributed by atoms with Crippen molar-refractivity contribution in [2.24, 2.45) is 0 Å². The van der Waals surface area contributed by atoms with E-state index in [0.717, 1.165) is 5.69 Å². The van der Waals surface area contributed by atoms with Gasteiger partial charge < -0.3 is 5.32 Å². The molecule has 7 nitrogen and oxygen atoms in total. The Morgan fingerprint density at radius 1 is 1.04 bits per heavy atom. The molecule has 3 aromatic heterocycles. The number of halogens is 3. The van der Waals surface area contributed by atoms with Gasteiger partial charge in [-0.15, -0.1) is 0 Å². The first-order valence-electron chi connectivity index (χ1n) is 7.85. The molecule has 0 aliphatic carbocycles. The van der Waals surface area contributed by atoms with Gasteiger partial charge >= 0.3 is 5.92 Å². The second kappa shape index (κ2) is 6.31. The van der Waals surface area contributed by atoms with Crippen LogP contribution in [0.2, 0.25) is 0 Å². The number of rotatable bonds is 4. The minimum absolute atomic E-state index is 0.156. The molecule has 0 spiro atoms. The van der Waals surface area contributed by atoms with E-state index in [1.54, 1.807) is 30.3 Å². The summed E-state index contributed by atoms with van der Waals surface area (Å²) >= 11 is 0. The molecule has 1 aromatic carbocycles. The van der Waals surface area contributed by atoms with Crippen molar-refractivity contribution in [3.63, 3.8) is 0 Å². The fraction of sp³-hybridized carbons (Fsp3) is 0.118. The molecule has 0 fully saturated rings. The Morgan fingerprint density at radius 3 is 2.48 bits per heavy atom. The Morgan fingerprint density at radius 2 is 1.78 bits per heavy atom. The van der Waals surface area contributed by atoms with Crippen molar-refractivity contribution >= 4 is 22.5 Å². The lowest BCUT2D eigenvalue weighted by Gasteiger charge is -2.15. The Kier molecular flexibility index (Phi) is 3.94. The van der Waals surface area contributed by atoms with Gasteiger partial charge in [-0.2, -0.15) is 13.9 Å². The van der Waals surface area contributed by atoms with Gasteiger partial charge in [0.15, 0.2) is 11.6 Å². The largest absolute Gasteiger partial charge is 0.365 e. The number of aromatic amines is 1. The fourth-order valence-electron chi connectivity index (χ4n) is 2.49. The molecule has 136 valence electrons. The highest BCUT2D eigenvalue weighted by molar-refractivity contribution is 5.90. The van der Waals surface area contributed by atoms with Gasteiger partial charge in [-0.25, -0.2) is 24.3 Å². The maximum atomic E-state index is 14.8. The van der Waals surface area contributed by atoms with Crippen molar-refractivity contribution in [1.82, 2.24) is 30.1 Å². The van der Waals surface area contributed by atoms with E-state index in [4.69, 9.17) is 0 Å². The van der Waals surface area contributed by atoms with Gasteiger partial charge in [0.2, 0.25) is 11.6 Å². The van der Waals surface area contributed by atoms with Crippen LogP contribution < -0.4 is 5.32 Å². The number of fused-ring (bicyclic) bond motifs is 1. The van der Waals surface area contributed by atoms with E-state index >= 15 is 0 Å². The Hall–Kier alpha value is -3.56. The van der Waals surface area contributed by atoms with Crippen molar-refractivity contribution in [1.29, 1.82) is 0 Å². The summed E-state index contributed by atoms with van der Waals surface area (Å²) in [4.78, 5) is 14.7. The lowest BCUT2D eigenvalue weighted by molar-refractivity contribution is 0.0233. The van der Waals surface area contributed by atoms with Crippen LogP contribution in [0.1, 0.15) is 17.3 Å². The average Bonchev–Trinajstić information content (AvgIpc) is 3.07. The first-order valence-corrected chi connectivity index (χ1v) is 7.85. The monoisotopic (exact) mass is 371 g/mol. The molecule has 0 saturated heterocycles. The quantitative estimate of drug-likeness (QED) is 0.571. The summed E-state index contributed by atoms with van der Waals surface area (Å²) in [5.74, 6) is -5.64. The number of H-pyrrole nitrogens is 1. The van der Waals surface area contributed by atoms with Crippen LogP contribution in [0.4, 0.5) is 24.8 Å². The van der Waals surface area contributed by atoms with Crippen LogP contribution in [0.25, 0.3) is 10.9 Å². The maximum absolute atomic E-state index is 14.8. The summed E-state index contributed by atoms with van der Waals surface area (Å²) in [6.07, 6.45) is 1.34. The minimum Gasteiger partial charge on any atom is -0.323 e. The zero-order valence-electron chi connectivity index (χ0n) is 13.9. The van der Waals surface area contributed by atoms with Gasteiger partial charge in [-0.1, -0.05) is 12.1 Å². The maximum Gasteiger partial charge on any atom is 0.365 e. The number of hydrogen-bond donors (Lipinski definition) is 2. The zero-order valence-corrected chi connectivity index (χ0v) is 13.9. The first-order chi connectivity index (χ1) is 12.9. The first kappa shape index (κ1) is 16.9. The van der Waals surface area contributed by atoms with E-state index in [0.29, 0.717) is 29.1 Å². The molecule has 4 aromatic rings. The van der Waals surface area contributed by atoms with E-state index in [9.17, 15) is 13.2 Å². The number of alkyl halides is 2. The number of nitrogens with zero attached hydrogens (tertiary/aromatic N) is 5. The highest BCUT2D eigenvalue weighted by atomic mass is 19.3. The highest BCUT2D eigenvalue weighted by Crippen LogP contribution is 2.34. The van der Waals surface area contributed by atoms with E-state index < -0.39 is 23.4 Å². The van der Waals surface area contributed by atoms with Crippen LogP contribution >= 0.6 is 0 Å². The van der Waals surface area contributed by atoms with Crippen LogP contribution in [0.5, 0.6) is 0 Å². The molecule has 2 N–H and O–H groups in total. The smallest absolute Gasteiger partial charge is 0.323 e. The molecule has 0 unspecified atom stereocenters. The van der Waals surface area contributed by atoms with Crippen molar-refractivity contribution in [2.45, 2.75) is 12.8 Å². The molecule has 0 bridgehead atoms. The molecular weight excluding hydrogens is 359 g/mol. The predicted molar refractivity (Wildman–Crippen MR) is 91.1 cm³/mol. The number of benzene rings is 1. The topological polar surface area (TPSA) is 92.3 Å². The summed E-state index contributed by atoms with van der Waals surface area (Å²) in [7, 11) is 0. The molecule has 10 heteroatoms. The number of para-hydroxylation sites is 1. The van der Waals surface area contributed by atoms with Gasteiger partial charge in [0, 0.05) is 17.1 Å². The number of nitrogens with one attached hydrogen (secondary N) is 2. The summed E-state index contributed by atoms with van der Waals surface area (Å²) in [6, 6.07) is 8.41. The van der Waals surface area contributed by atoms with Crippen molar-refractivity contribution in [2.75, 3.05) is 5.32 Å². The second-order valence-corrected chi connectivity index (χ2v) is 5.77. The van der Waals surface area contributed by atoms with E-state index in [1.165, 1.54) is 0 Å². The van der Waals surface area contributed by atoms with Crippen molar-refractivity contribution in [3.05, 3.63) is 65.9 Å². The Labute approximate surface area is 150 Å². The van der Waals surface area contributed by atoms with Crippen LogP contribution in [0.3, 0.4) is 0 Å². The number of aryl methyl sites for hydroxylation is 1. The van der Waals surface area contributed by atoms with Gasteiger partial charge in [0.25, 0.3) is 0 Å². The SMILES string of the molecule is Cc1cc(Nc2nc(C(F)(F)c3ncc(F)cn3)nc3ccccc23)n[nH]1. The number of aromatic nitrogens is 6. The van der Waals surface area contributed by atoms with E-state index in [-0.39, 0.29) is 5.82 Å². The average molecular weight is 371 g/mol. The molecule has 3 heterocycles. The fourth-order valence-corrected chi connectivity index (χ4v) is 2.49. The van der Waals surface area contributed by atoms with Crippen LogP contribution in [0.15, 0.2) is 42.7 Å². The normalized spacial score (nSPS) is 11.7. The molecule has 4 rings (SSSR count). The third kappa shape index (κ3) is 3.16. The summed E-state index contributed by atoms with van der Waals surface area (Å²) < 4.78 is 42.7. The predicted octanol–water partition coefficient (Wildman–Crippen LogP) is 3.47. The number of anilines is 2. The molecule has 0 atom stereocenters. The van der Waals surface area contributed by atoms with E-state index in [2.05, 4.69) is 35.5 Å². The zero-order chi connectivity index (χ0) is 19.0. The second-order valence-electron chi connectivity index (χ2n) is 5.77. The van der Waals surface area contributed by atoms with Crippen LogP contribution in [-0.4, -0.2) is 30.1 Å². The molecule has 0 aliphatic rings.